The number of unbranched alkanes of at least 4 members (excludes halogenated alkanes) is 18. The Morgan fingerprint density at radius 3 is 1.06 bits per heavy atom. The predicted molar refractivity (Wildman–Crippen MR) is 151 cm³/mol. The number of benzene rings is 1. The highest BCUT2D eigenvalue weighted by molar-refractivity contribution is 5.93. The van der Waals surface area contributed by atoms with Crippen LogP contribution in [0, 0.1) is 0 Å². The molecule has 0 unspecified atom stereocenters. The maximum atomic E-state index is 12.2. The van der Waals surface area contributed by atoms with Crippen molar-refractivity contribution < 1.29 is 19.1 Å². The lowest BCUT2D eigenvalue weighted by Crippen LogP contribution is -2.09. The van der Waals surface area contributed by atoms with Crippen LogP contribution in [-0.2, 0) is 9.47 Å². The molecule has 4 heteroatoms. The van der Waals surface area contributed by atoms with Crippen molar-refractivity contribution in [2.24, 2.45) is 0 Å². The van der Waals surface area contributed by atoms with Gasteiger partial charge in [-0.3, -0.25) is 0 Å². The lowest BCUT2D eigenvalue weighted by atomic mass is 10.0. The van der Waals surface area contributed by atoms with E-state index in [4.69, 9.17) is 9.47 Å². The van der Waals surface area contributed by atoms with E-state index < -0.39 is 0 Å². The van der Waals surface area contributed by atoms with Gasteiger partial charge in [-0.15, -0.1) is 0 Å². The van der Waals surface area contributed by atoms with Gasteiger partial charge in [0.15, 0.2) is 0 Å². The zero-order valence-corrected chi connectivity index (χ0v) is 23.5. The Kier molecular flexibility index (Phi) is 21.1. The zero-order valence-electron chi connectivity index (χ0n) is 23.5. The van der Waals surface area contributed by atoms with Gasteiger partial charge in [0.2, 0.25) is 0 Å². The summed E-state index contributed by atoms with van der Waals surface area (Å²) in [6.07, 6.45) is 26.0. The monoisotopic (exact) mass is 502 g/mol. The van der Waals surface area contributed by atoms with Crippen LogP contribution in [0.15, 0.2) is 24.3 Å². The molecule has 0 N–H and O–H groups in total. The van der Waals surface area contributed by atoms with E-state index in [-0.39, 0.29) is 11.9 Å². The van der Waals surface area contributed by atoms with E-state index in [1.54, 1.807) is 24.3 Å². The van der Waals surface area contributed by atoms with Crippen LogP contribution in [-0.4, -0.2) is 25.2 Å². The molecule has 36 heavy (non-hydrogen) atoms. The molecular formula is C32H54O4. The minimum absolute atomic E-state index is 0.326. The Labute approximate surface area is 221 Å². The third-order valence-corrected chi connectivity index (χ3v) is 6.82. The van der Waals surface area contributed by atoms with Gasteiger partial charge in [0.05, 0.1) is 24.3 Å². The maximum absolute atomic E-state index is 12.2. The molecular weight excluding hydrogens is 448 g/mol. The highest BCUT2D eigenvalue weighted by Crippen LogP contribution is 2.14. The number of carbonyl (C=O) groups is 2. The molecule has 0 saturated heterocycles. The van der Waals surface area contributed by atoms with E-state index >= 15 is 0 Å². The molecule has 1 aromatic carbocycles. The van der Waals surface area contributed by atoms with Crippen LogP contribution in [0.3, 0.4) is 0 Å². The van der Waals surface area contributed by atoms with Gasteiger partial charge in [-0.2, -0.15) is 0 Å². The Morgan fingerprint density at radius 2 is 0.722 bits per heavy atom. The second-order valence-corrected chi connectivity index (χ2v) is 10.2. The van der Waals surface area contributed by atoms with Crippen LogP contribution < -0.4 is 0 Å². The first-order valence-corrected chi connectivity index (χ1v) is 15.1. The minimum atomic E-state index is -0.345. The number of hydrogen-bond acceptors (Lipinski definition) is 4. The van der Waals surface area contributed by atoms with Gasteiger partial charge in [0.1, 0.15) is 0 Å². The summed E-state index contributed by atoms with van der Waals surface area (Å²) in [4.78, 5) is 24.1. The van der Waals surface area contributed by atoms with Gasteiger partial charge in [0.25, 0.3) is 0 Å². The van der Waals surface area contributed by atoms with Gasteiger partial charge in [-0.25, -0.2) is 9.59 Å². The molecule has 0 atom stereocenters. The van der Waals surface area contributed by atoms with E-state index in [2.05, 4.69) is 13.8 Å². The van der Waals surface area contributed by atoms with E-state index in [0.29, 0.717) is 24.3 Å². The van der Waals surface area contributed by atoms with Gasteiger partial charge >= 0.3 is 11.9 Å². The molecule has 0 aliphatic rings. The van der Waals surface area contributed by atoms with E-state index in [9.17, 15) is 9.59 Å². The summed E-state index contributed by atoms with van der Waals surface area (Å²) in [5.41, 5.74) is 0.939. The first-order valence-electron chi connectivity index (χ1n) is 15.1. The van der Waals surface area contributed by atoms with Gasteiger partial charge in [-0.05, 0) is 37.1 Å². The average molecular weight is 503 g/mol. The molecule has 0 saturated carbocycles. The fourth-order valence-corrected chi connectivity index (χ4v) is 4.39. The highest BCUT2D eigenvalue weighted by atomic mass is 16.5. The molecule has 0 amide bonds. The van der Waals surface area contributed by atoms with E-state index in [0.717, 1.165) is 25.7 Å². The number of hydrogen-bond donors (Lipinski definition) is 0. The van der Waals surface area contributed by atoms with Crippen molar-refractivity contribution in [2.45, 2.75) is 142 Å². The molecule has 1 rings (SSSR count). The quantitative estimate of drug-likeness (QED) is 0.104. The van der Waals surface area contributed by atoms with Crippen molar-refractivity contribution in [3.63, 3.8) is 0 Å². The largest absolute Gasteiger partial charge is 0.462 e. The molecule has 0 aromatic heterocycles. The second kappa shape index (κ2) is 23.6. The normalized spacial score (nSPS) is 10.9. The molecule has 0 fully saturated rings. The SMILES string of the molecule is CCCCCCCCCCCCCCCCCCCCOC(=O)c1ccc(C(=O)OCCCC)cc1. The first-order chi connectivity index (χ1) is 17.7. The summed E-state index contributed by atoms with van der Waals surface area (Å²) in [6, 6.07) is 6.52. The van der Waals surface area contributed by atoms with Crippen LogP contribution in [0.1, 0.15) is 163 Å². The summed E-state index contributed by atoms with van der Waals surface area (Å²) >= 11 is 0. The summed E-state index contributed by atoms with van der Waals surface area (Å²) in [6.45, 7) is 5.22. The van der Waals surface area contributed by atoms with Crippen molar-refractivity contribution in [3.8, 4) is 0 Å². The highest BCUT2D eigenvalue weighted by Gasteiger charge is 2.10. The molecule has 0 radical (unpaired) electrons. The lowest BCUT2D eigenvalue weighted by molar-refractivity contribution is 0.0484. The average Bonchev–Trinajstić information content (AvgIpc) is 2.90. The molecule has 1 aromatic rings. The first kappa shape index (κ1) is 32.2. The van der Waals surface area contributed by atoms with Crippen LogP contribution in [0.4, 0.5) is 0 Å². The molecule has 0 spiro atoms. The van der Waals surface area contributed by atoms with Crippen LogP contribution >= 0.6 is 0 Å². The lowest BCUT2D eigenvalue weighted by Gasteiger charge is -2.07. The fraction of sp³-hybridized carbons (Fsp3) is 0.750. The van der Waals surface area contributed by atoms with Gasteiger partial charge in [0, 0.05) is 0 Å². The Hall–Kier alpha value is -1.84. The summed E-state index contributed by atoms with van der Waals surface area (Å²) in [5, 5.41) is 0. The number of esters is 2. The third-order valence-electron chi connectivity index (χ3n) is 6.82. The van der Waals surface area contributed by atoms with Crippen LogP contribution in [0.5, 0.6) is 0 Å². The fourth-order valence-electron chi connectivity index (χ4n) is 4.39. The van der Waals surface area contributed by atoms with Gasteiger partial charge in [-0.1, -0.05) is 129 Å². The third kappa shape index (κ3) is 17.6. The molecule has 0 heterocycles. The van der Waals surface area contributed by atoms with Crippen molar-refractivity contribution in [1.29, 1.82) is 0 Å². The smallest absolute Gasteiger partial charge is 0.338 e. The molecule has 0 aliphatic heterocycles. The Morgan fingerprint density at radius 1 is 0.444 bits per heavy atom. The number of carbonyl (C=O) groups excluding carboxylic acids is 2. The molecule has 4 nitrogen and oxygen atoms in total. The number of ether oxygens (including phenoxy) is 2. The van der Waals surface area contributed by atoms with Gasteiger partial charge < -0.3 is 9.47 Å². The molecule has 206 valence electrons. The topological polar surface area (TPSA) is 52.6 Å². The predicted octanol–water partition coefficient (Wildman–Crippen LogP) is 9.84. The van der Waals surface area contributed by atoms with Crippen LogP contribution in [0.25, 0.3) is 0 Å². The maximum Gasteiger partial charge on any atom is 0.338 e. The van der Waals surface area contributed by atoms with E-state index in [1.807, 2.05) is 0 Å². The minimum Gasteiger partial charge on any atom is -0.462 e. The van der Waals surface area contributed by atoms with Crippen molar-refractivity contribution in [1.82, 2.24) is 0 Å². The molecule has 0 bridgehead atoms. The molecule has 0 aliphatic carbocycles. The summed E-state index contributed by atoms with van der Waals surface area (Å²) in [5.74, 6) is -0.671. The van der Waals surface area contributed by atoms with Crippen molar-refractivity contribution in [2.75, 3.05) is 13.2 Å². The van der Waals surface area contributed by atoms with Crippen molar-refractivity contribution >= 4 is 11.9 Å². The number of rotatable bonds is 24. The van der Waals surface area contributed by atoms with Crippen LogP contribution in [0.2, 0.25) is 0 Å². The summed E-state index contributed by atoms with van der Waals surface area (Å²) in [7, 11) is 0. The second-order valence-electron chi connectivity index (χ2n) is 10.2. The van der Waals surface area contributed by atoms with E-state index in [1.165, 1.54) is 103 Å². The Bertz CT molecular complexity index is 653. The van der Waals surface area contributed by atoms with Crippen molar-refractivity contribution in [3.05, 3.63) is 35.4 Å². The standard InChI is InChI=1S/C32H54O4/c1-3-5-7-8-9-10-11-12-13-14-15-16-17-18-19-20-21-22-28-36-32(34)30-25-23-29(24-26-30)31(33)35-27-6-4-2/h23-26H,3-22,27-28H2,1-2H3. The Balaban J connectivity index is 1.89. The zero-order chi connectivity index (χ0) is 26.1. The summed E-state index contributed by atoms with van der Waals surface area (Å²) < 4.78 is 10.6.